The Bertz CT molecular complexity index is 962. The highest BCUT2D eigenvalue weighted by atomic mass is 32.2. The van der Waals surface area contributed by atoms with Gasteiger partial charge in [-0.25, -0.2) is 9.37 Å². The molecule has 0 aliphatic heterocycles. The first-order chi connectivity index (χ1) is 15.8. The molecule has 1 aliphatic rings. The number of halogens is 1. The number of carbonyl (C=O) groups is 2. The summed E-state index contributed by atoms with van der Waals surface area (Å²) in [6, 6.07) is 8.65. The maximum Gasteiger partial charge on any atom is 0.257 e. The van der Waals surface area contributed by atoms with E-state index in [0.717, 1.165) is 49.3 Å². The van der Waals surface area contributed by atoms with E-state index in [2.05, 4.69) is 29.5 Å². The Morgan fingerprint density at radius 3 is 2.52 bits per heavy atom. The van der Waals surface area contributed by atoms with Gasteiger partial charge in [0.2, 0.25) is 11.8 Å². The molecule has 0 saturated heterocycles. The normalized spacial score (nSPS) is 18.1. The number of hydrogen-bond acceptors (Lipinski definition) is 5. The lowest BCUT2D eigenvalue weighted by Gasteiger charge is -2.30. The second-order valence-electron chi connectivity index (χ2n) is 8.81. The van der Waals surface area contributed by atoms with E-state index in [9.17, 15) is 14.0 Å². The topological polar surface area (TPSA) is 80.3 Å². The summed E-state index contributed by atoms with van der Waals surface area (Å²) < 4.78 is 19.7. The van der Waals surface area contributed by atoms with E-state index < -0.39 is 11.7 Å². The molecule has 1 fully saturated rings. The van der Waals surface area contributed by atoms with Crippen LogP contribution >= 0.6 is 11.8 Å². The van der Waals surface area contributed by atoms with Crippen LogP contribution in [0.15, 0.2) is 41.4 Å². The summed E-state index contributed by atoms with van der Waals surface area (Å²) in [6.45, 7) is 4.21. The Balaban J connectivity index is 1.57. The molecule has 6 nitrogen and oxygen atoms in total. The Kier molecular flexibility index (Phi) is 9.11. The monoisotopic (exact) mass is 473 g/mol. The van der Waals surface area contributed by atoms with Gasteiger partial charge in [0.05, 0.1) is 6.20 Å². The molecule has 2 aromatic rings. The molecule has 0 bridgehead atoms. The van der Waals surface area contributed by atoms with Gasteiger partial charge in [0, 0.05) is 23.4 Å². The molecule has 33 heavy (non-hydrogen) atoms. The molecule has 1 heterocycles. The predicted octanol–water partition coefficient (Wildman–Crippen LogP) is 5.33. The number of rotatable bonds is 9. The van der Waals surface area contributed by atoms with E-state index in [-0.39, 0.29) is 29.4 Å². The molecule has 1 saturated carbocycles. The number of carbonyl (C=O) groups excluding carboxylic acids is 2. The number of amides is 2. The fourth-order valence-corrected chi connectivity index (χ4v) is 4.26. The van der Waals surface area contributed by atoms with Crippen molar-refractivity contribution in [2.75, 3.05) is 6.26 Å². The highest BCUT2D eigenvalue weighted by molar-refractivity contribution is 7.98. The van der Waals surface area contributed by atoms with Crippen LogP contribution in [-0.2, 0) is 4.79 Å². The number of pyridine rings is 1. The summed E-state index contributed by atoms with van der Waals surface area (Å²) in [4.78, 5) is 30.0. The molecule has 1 aromatic carbocycles. The molecule has 0 unspecified atom stereocenters. The van der Waals surface area contributed by atoms with Crippen LogP contribution in [0.2, 0.25) is 0 Å². The number of ether oxygens (including phenoxy) is 1. The van der Waals surface area contributed by atoms with Gasteiger partial charge >= 0.3 is 0 Å². The Morgan fingerprint density at radius 1 is 1.15 bits per heavy atom. The summed E-state index contributed by atoms with van der Waals surface area (Å²) in [7, 11) is 0. The van der Waals surface area contributed by atoms with Gasteiger partial charge in [0.15, 0.2) is 0 Å². The standard InChI is InChI=1S/C25H32FN3O3S/c1-16(2)7-12-23(30)28-18-8-10-19(11-9-18)29-24(31)22-13-17(26)15-27-25(22)32-20-5-4-6-21(14-20)33-3/h4-6,13-16,18-19H,7-12H2,1-3H3,(H,28,30)(H,29,31). The van der Waals surface area contributed by atoms with Crippen LogP contribution < -0.4 is 15.4 Å². The van der Waals surface area contributed by atoms with E-state index in [1.54, 1.807) is 17.8 Å². The third-order valence-electron chi connectivity index (χ3n) is 5.69. The van der Waals surface area contributed by atoms with Crippen molar-refractivity contribution in [3.63, 3.8) is 0 Å². The number of nitrogens with zero attached hydrogens (tertiary/aromatic N) is 1. The van der Waals surface area contributed by atoms with Crippen LogP contribution in [-0.4, -0.2) is 35.1 Å². The molecule has 178 valence electrons. The zero-order chi connectivity index (χ0) is 23.8. The smallest absolute Gasteiger partial charge is 0.257 e. The molecule has 1 aromatic heterocycles. The third-order valence-corrected chi connectivity index (χ3v) is 6.42. The lowest BCUT2D eigenvalue weighted by Crippen LogP contribution is -2.43. The number of thioether (sulfide) groups is 1. The van der Waals surface area contributed by atoms with Gasteiger partial charge in [-0.3, -0.25) is 9.59 Å². The van der Waals surface area contributed by atoms with Crippen LogP contribution in [0.5, 0.6) is 11.6 Å². The molecule has 0 atom stereocenters. The lowest BCUT2D eigenvalue weighted by atomic mass is 9.90. The van der Waals surface area contributed by atoms with Crippen molar-refractivity contribution in [2.24, 2.45) is 5.92 Å². The first-order valence-corrected chi connectivity index (χ1v) is 12.6. The fraction of sp³-hybridized carbons (Fsp3) is 0.480. The molecule has 8 heteroatoms. The maximum absolute atomic E-state index is 13.9. The Morgan fingerprint density at radius 2 is 1.85 bits per heavy atom. The average molecular weight is 474 g/mol. The summed E-state index contributed by atoms with van der Waals surface area (Å²) in [6.07, 6.45) is 7.51. The summed E-state index contributed by atoms with van der Waals surface area (Å²) in [5.41, 5.74) is 0.0636. The first kappa shape index (κ1) is 25.0. The molecule has 0 spiro atoms. The van der Waals surface area contributed by atoms with Crippen molar-refractivity contribution in [1.82, 2.24) is 15.6 Å². The fourth-order valence-electron chi connectivity index (χ4n) is 3.81. The van der Waals surface area contributed by atoms with Crippen molar-refractivity contribution in [1.29, 1.82) is 0 Å². The minimum Gasteiger partial charge on any atom is -0.438 e. The third kappa shape index (κ3) is 7.74. The highest BCUT2D eigenvalue weighted by Gasteiger charge is 2.25. The van der Waals surface area contributed by atoms with E-state index in [0.29, 0.717) is 18.1 Å². The van der Waals surface area contributed by atoms with Gasteiger partial charge in [-0.15, -0.1) is 11.8 Å². The molecule has 1 aliphatic carbocycles. The highest BCUT2D eigenvalue weighted by Crippen LogP contribution is 2.28. The predicted molar refractivity (Wildman–Crippen MR) is 128 cm³/mol. The number of benzene rings is 1. The second kappa shape index (κ2) is 12.0. The summed E-state index contributed by atoms with van der Waals surface area (Å²) in [5.74, 6) is 0.180. The minimum atomic E-state index is -0.599. The molecular weight excluding hydrogens is 441 g/mol. The van der Waals surface area contributed by atoms with Crippen LogP contribution in [0.25, 0.3) is 0 Å². The SMILES string of the molecule is CSc1cccc(Oc2ncc(F)cc2C(=O)NC2CCC(NC(=O)CCC(C)C)CC2)c1. The Labute approximate surface area is 199 Å². The molecule has 3 rings (SSSR count). The van der Waals surface area contributed by atoms with Gasteiger partial charge in [-0.2, -0.15) is 0 Å². The van der Waals surface area contributed by atoms with Crippen molar-refractivity contribution < 1.29 is 18.7 Å². The van der Waals surface area contributed by atoms with Crippen molar-refractivity contribution in [3.05, 3.63) is 47.9 Å². The quantitative estimate of drug-likeness (QED) is 0.481. The zero-order valence-corrected chi connectivity index (χ0v) is 20.2. The van der Waals surface area contributed by atoms with Crippen molar-refractivity contribution >= 4 is 23.6 Å². The first-order valence-electron chi connectivity index (χ1n) is 11.4. The van der Waals surface area contributed by atoms with Crippen LogP contribution in [0.1, 0.15) is 62.7 Å². The van der Waals surface area contributed by atoms with Gasteiger partial charge in [-0.05, 0) is 68.5 Å². The second-order valence-corrected chi connectivity index (χ2v) is 9.69. The van der Waals surface area contributed by atoms with Gasteiger partial charge in [0.25, 0.3) is 5.91 Å². The van der Waals surface area contributed by atoms with E-state index in [4.69, 9.17) is 4.74 Å². The van der Waals surface area contributed by atoms with Crippen LogP contribution in [0.4, 0.5) is 4.39 Å². The summed E-state index contributed by atoms with van der Waals surface area (Å²) in [5, 5.41) is 6.08. The van der Waals surface area contributed by atoms with E-state index in [1.165, 1.54) is 0 Å². The van der Waals surface area contributed by atoms with Crippen LogP contribution in [0, 0.1) is 11.7 Å². The van der Waals surface area contributed by atoms with Crippen molar-refractivity contribution in [2.45, 2.75) is 69.4 Å². The van der Waals surface area contributed by atoms with Crippen LogP contribution in [0.3, 0.4) is 0 Å². The van der Waals surface area contributed by atoms with E-state index in [1.807, 2.05) is 24.5 Å². The van der Waals surface area contributed by atoms with E-state index >= 15 is 0 Å². The maximum atomic E-state index is 13.9. The largest absolute Gasteiger partial charge is 0.438 e. The number of aromatic nitrogens is 1. The molecule has 2 amide bonds. The number of hydrogen-bond donors (Lipinski definition) is 2. The lowest BCUT2D eigenvalue weighted by molar-refractivity contribution is -0.122. The minimum absolute atomic E-state index is 0.0442. The van der Waals surface area contributed by atoms with Gasteiger partial charge in [-0.1, -0.05) is 19.9 Å². The van der Waals surface area contributed by atoms with Gasteiger partial charge < -0.3 is 15.4 Å². The molecule has 2 N–H and O–H groups in total. The molecule has 0 radical (unpaired) electrons. The van der Waals surface area contributed by atoms with Crippen molar-refractivity contribution in [3.8, 4) is 11.6 Å². The summed E-state index contributed by atoms with van der Waals surface area (Å²) >= 11 is 1.57. The van der Waals surface area contributed by atoms with Gasteiger partial charge in [0.1, 0.15) is 17.1 Å². The number of nitrogens with one attached hydrogen (secondary N) is 2. The average Bonchev–Trinajstić information content (AvgIpc) is 2.80. The zero-order valence-electron chi connectivity index (χ0n) is 19.4. The molecular formula is C25H32FN3O3S. The Hall–Kier alpha value is -2.61.